The van der Waals surface area contributed by atoms with Gasteiger partial charge in [0.2, 0.25) is 0 Å². The van der Waals surface area contributed by atoms with Crippen LogP contribution in [0.5, 0.6) is 0 Å². The van der Waals surface area contributed by atoms with Gasteiger partial charge in [-0.1, -0.05) is 0 Å². The Morgan fingerprint density at radius 3 is 2.60 bits per heavy atom. The molecule has 0 aliphatic rings. The number of aromatic nitrogens is 1. The highest BCUT2D eigenvalue weighted by molar-refractivity contribution is 5.87. The Hall–Kier alpha value is -1.35. The summed E-state index contributed by atoms with van der Waals surface area (Å²) in [5.41, 5.74) is 3.45. The Morgan fingerprint density at radius 1 is 1.33 bits per heavy atom. The maximum absolute atomic E-state index is 13.3. The Labute approximate surface area is 87.7 Å². The highest BCUT2D eigenvalue weighted by Crippen LogP contribution is 2.30. The molecule has 0 saturated carbocycles. The van der Waals surface area contributed by atoms with Crippen LogP contribution in [0.15, 0.2) is 12.1 Å². The predicted octanol–water partition coefficient (Wildman–Crippen LogP) is 2.98. The number of aromatic amines is 1. The van der Waals surface area contributed by atoms with Crippen LogP contribution < -0.4 is 0 Å². The van der Waals surface area contributed by atoms with Gasteiger partial charge in [0.15, 0.2) is 0 Å². The highest BCUT2D eigenvalue weighted by atomic mass is 19.1. The van der Waals surface area contributed by atoms with Gasteiger partial charge in [-0.15, -0.1) is 0 Å². The van der Waals surface area contributed by atoms with Gasteiger partial charge in [-0.25, -0.2) is 4.39 Å². The Bertz CT molecular complexity index is 514. The average Bonchev–Trinajstić information content (AvgIpc) is 2.41. The molecule has 1 aromatic heterocycles. The fraction of sp³-hybridized carbons (Fsp3) is 0.333. The van der Waals surface area contributed by atoms with Gasteiger partial charge in [0.25, 0.3) is 0 Å². The largest absolute Gasteiger partial charge is 0.389 e. The van der Waals surface area contributed by atoms with E-state index in [1.165, 1.54) is 12.1 Å². The molecule has 1 aromatic carbocycles. The highest BCUT2D eigenvalue weighted by Gasteiger charge is 2.14. The van der Waals surface area contributed by atoms with Gasteiger partial charge < -0.3 is 10.1 Å². The number of nitrogens with one attached hydrogen (secondary N) is 1. The first-order chi connectivity index (χ1) is 7.00. The fourth-order valence-electron chi connectivity index (χ4n) is 2.12. The van der Waals surface area contributed by atoms with Crippen molar-refractivity contribution in [2.75, 3.05) is 0 Å². The lowest BCUT2D eigenvalue weighted by Gasteiger charge is -2.04. The van der Waals surface area contributed by atoms with Gasteiger partial charge in [0.05, 0.1) is 6.10 Å². The number of fused-ring (bicyclic) bond motifs is 1. The van der Waals surface area contributed by atoms with E-state index in [1.54, 1.807) is 6.92 Å². The van der Waals surface area contributed by atoms with Crippen LogP contribution in [0.1, 0.15) is 29.8 Å². The molecule has 0 spiro atoms. The number of hydrogen-bond acceptors (Lipinski definition) is 1. The maximum atomic E-state index is 13.3. The lowest BCUT2D eigenvalue weighted by molar-refractivity contribution is 0.200. The molecule has 2 N–H and O–H groups in total. The number of aliphatic hydroxyl groups excluding tert-OH is 1. The van der Waals surface area contributed by atoms with Gasteiger partial charge in [0, 0.05) is 22.2 Å². The van der Waals surface area contributed by atoms with Crippen molar-refractivity contribution in [3.05, 3.63) is 34.8 Å². The van der Waals surface area contributed by atoms with Crippen LogP contribution in [0.4, 0.5) is 4.39 Å². The molecule has 1 unspecified atom stereocenters. The number of aryl methyl sites for hydroxylation is 2. The molecule has 0 aliphatic carbocycles. The third-order valence-corrected chi connectivity index (χ3v) is 2.72. The topological polar surface area (TPSA) is 36.0 Å². The number of rotatable bonds is 1. The van der Waals surface area contributed by atoms with E-state index in [0.717, 1.165) is 27.7 Å². The van der Waals surface area contributed by atoms with Gasteiger partial charge in [0.1, 0.15) is 5.82 Å². The molecule has 80 valence electrons. The molecule has 0 amide bonds. The molecule has 0 fully saturated rings. The third kappa shape index (κ3) is 1.53. The van der Waals surface area contributed by atoms with Crippen molar-refractivity contribution < 1.29 is 9.50 Å². The molecular weight excluding hydrogens is 193 g/mol. The minimum atomic E-state index is -0.583. The first-order valence-electron chi connectivity index (χ1n) is 4.97. The average molecular weight is 207 g/mol. The van der Waals surface area contributed by atoms with E-state index in [1.807, 2.05) is 13.8 Å². The number of hydrogen-bond donors (Lipinski definition) is 2. The smallest absolute Gasteiger partial charge is 0.124 e. The monoisotopic (exact) mass is 207 g/mol. The van der Waals surface area contributed by atoms with E-state index in [2.05, 4.69) is 4.98 Å². The molecule has 0 saturated heterocycles. The summed E-state index contributed by atoms with van der Waals surface area (Å²) in [6.07, 6.45) is -0.583. The van der Waals surface area contributed by atoms with E-state index >= 15 is 0 Å². The van der Waals surface area contributed by atoms with Gasteiger partial charge in [-0.05, 0) is 38.5 Å². The number of aliphatic hydroxyl groups is 1. The molecular formula is C12H14FNO. The van der Waals surface area contributed by atoms with Crippen molar-refractivity contribution in [2.45, 2.75) is 26.9 Å². The summed E-state index contributed by atoms with van der Waals surface area (Å²) in [6.45, 7) is 5.43. The van der Waals surface area contributed by atoms with Crippen molar-refractivity contribution in [1.82, 2.24) is 4.98 Å². The normalized spacial score (nSPS) is 13.4. The lowest BCUT2D eigenvalue weighted by Crippen LogP contribution is -1.92. The molecule has 0 bridgehead atoms. The van der Waals surface area contributed by atoms with Crippen molar-refractivity contribution >= 4 is 10.9 Å². The molecule has 1 atom stereocenters. The Kier molecular flexibility index (Phi) is 2.27. The summed E-state index contributed by atoms with van der Waals surface area (Å²) in [7, 11) is 0. The minimum absolute atomic E-state index is 0.263. The maximum Gasteiger partial charge on any atom is 0.124 e. The van der Waals surface area contributed by atoms with E-state index in [0.29, 0.717) is 0 Å². The zero-order valence-electron chi connectivity index (χ0n) is 9.06. The van der Waals surface area contributed by atoms with Crippen LogP contribution in [0.2, 0.25) is 0 Å². The summed E-state index contributed by atoms with van der Waals surface area (Å²) in [5.74, 6) is -0.263. The van der Waals surface area contributed by atoms with Crippen molar-refractivity contribution in [1.29, 1.82) is 0 Å². The molecule has 0 radical (unpaired) electrons. The van der Waals surface area contributed by atoms with Crippen LogP contribution in [0, 0.1) is 19.7 Å². The van der Waals surface area contributed by atoms with Gasteiger partial charge >= 0.3 is 0 Å². The number of H-pyrrole nitrogens is 1. The molecule has 2 nitrogen and oxygen atoms in total. The molecule has 2 aromatic rings. The molecule has 2 rings (SSSR count). The Morgan fingerprint density at radius 2 is 2.00 bits per heavy atom. The van der Waals surface area contributed by atoms with Crippen molar-refractivity contribution in [3.8, 4) is 0 Å². The zero-order valence-corrected chi connectivity index (χ0v) is 9.06. The fourth-order valence-corrected chi connectivity index (χ4v) is 2.12. The van der Waals surface area contributed by atoms with Crippen LogP contribution >= 0.6 is 0 Å². The molecule has 0 aliphatic heterocycles. The SMILES string of the molecule is Cc1[nH]c2c(C)cc(F)cc2c1C(C)O. The summed E-state index contributed by atoms with van der Waals surface area (Å²) >= 11 is 0. The van der Waals surface area contributed by atoms with E-state index in [-0.39, 0.29) is 5.82 Å². The van der Waals surface area contributed by atoms with Crippen molar-refractivity contribution in [3.63, 3.8) is 0 Å². The second-order valence-electron chi connectivity index (χ2n) is 3.98. The quantitative estimate of drug-likeness (QED) is 0.741. The van der Waals surface area contributed by atoms with E-state index in [4.69, 9.17) is 0 Å². The van der Waals surface area contributed by atoms with E-state index in [9.17, 15) is 9.50 Å². The summed E-state index contributed by atoms with van der Waals surface area (Å²) in [4.78, 5) is 3.18. The predicted molar refractivity (Wildman–Crippen MR) is 58.4 cm³/mol. The number of halogens is 1. The zero-order chi connectivity index (χ0) is 11.2. The second kappa shape index (κ2) is 3.35. The van der Waals surface area contributed by atoms with Crippen LogP contribution in [0.25, 0.3) is 10.9 Å². The summed E-state index contributed by atoms with van der Waals surface area (Å²) in [5, 5.41) is 10.4. The third-order valence-electron chi connectivity index (χ3n) is 2.72. The van der Waals surface area contributed by atoms with Gasteiger partial charge in [-0.3, -0.25) is 0 Å². The second-order valence-corrected chi connectivity index (χ2v) is 3.98. The number of benzene rings is 1. The summed E-state index contributed by atoms with van der Waals surface area (Å²) < 4.78 is 13.3. The van der Waals surface area contributed by atoms with Crippen molar-refractivity contribution in [2.24, 2.45) is 0 Å². The van der Waals surface area contributed by atoms with Gasteiger partial charge in [-0.2, -0.15) is 0 Å². The first-order valence-corrected chi connectivity index (χ1v) is 4.97. The summed E-state index contributed by atoms with van der Waals surface area (Å²) in [6, 6.07) is 2.96. The Balaban J connectivity index is 2.86. The first kappa shape index (κ1) is 10.2. The minimum Gasteiger partial charge on any atom is -0.389 e. The standard InChI is InChI=1S/C12H14FNO/c1-6-4-9(13)5-10-11(8(3)15)7(2)14-12(6)10/h4-5,8,14-15H,1-3H3. The van der Waals surface area contributed by atoms with E-state index < -0.39 is 6.10 Å². The molecule has 1 heterocycles. The molecule has 3 heteroatoms. The van der Waals surface area contributed by atoms with Crippen LogP contribution in [-0.4, -0.2) is 10.1 Å². The lowest BCUT2D eigenvalue weighted by atomic mass is 10.0. The van der Waals surface area contributed by atoms with Crippen LogP contribution in [-0.2, 0) is 0 Å². The van der Waals surface area contributed by atoms with Crippen LogP contribution in [0.3, 0.4) is 0 Å². The molecule has 15 heavy (non-hydrogen) atoms.